The largest absolute Gasteiger partial charge is 0.340 e. The molecule has 0 saturated carbocycles. The molecule has 3 heterocycles. The summed E-state index contributed by atoms with van der Waals surface area (Å²) >= 11 is 0. The van der Waals surface area contributed by atoms with E-state index >= 15 is 0 Å². The van der Waals surface area contributed by atoms with E-state index in [-0.39, 0.29) is 0 Å². The first-order chi connectivity index (χ1) is 14.9. The molecule has 1 N–H and O–H groups in total. The lowest BCUT2D eigenvalue weighted by molar-refractivity contribution is 0.402. The van der Waals surface area contributed by atoms with Crippen LogP contribution in [0.5, 0.6) is 0 Å². The first kappa shape index (κ1) is 20.9. The minimum Gasteiger partial charge on any atom is -0.340 e. The van der Waals surface area contributed by atoms with Gasteiger partial charge in [0.2, 0.25) is 0 Å². The summed E-state index contributed by atoms with van der Waals surface area (Å²) in [6, 6.07) is 18.8. The van der Waals surface area contributed by atoms with Crippen LogP contribution in [0.15, 0.2) is 60.8 Å². The fourth-order valence-corrected chi connectivity index (χ4v) is 3.62. The molecule has 0 saturated heterocycles. The third-order valence-electron chi connectivity index (χ3n) is 5.20. The van der Waals surface area contributed by atoms with Gasteiger partial charge in [0.05, 0.1) is 22.8 Å². The number of nitrogens with one attached hydrogen (secondary N) is 1. The first-order valence-corrected chi connectivity index (χ1v) is 10.6. The molecule has 0 fully saturated rings. The topological polar surface area (TPSA) is 57.7 Å². The molecule has 0 aliphatic heterocycles. The smallest absolute Gasteiger partial charge is 0.109 e. The Bertz CT molecular complexity index is 1170. The van der Waals surface area contributed by atoms with E-state index < -0.39 is 0 Å². The van der Waals surface area contributed by atoms with Crippen molar-refractivity contribution >= 4 is 0 Å². The van der Waals surface area contributed by atoms with Crippen LogP contribution in [0.3, 0.4) is 0 Å². The average molecular weight is 412 g/mol. The number of hydrogen-bond acceptors (Lipinski definition) is 4. The van der Waals surface area contributed by atoms with Gasteiger partial charge in [0, 0.05) is 35.5 Å². The Labute approximate surface area is 184 Å². The molecule has 0 atom stereocenters. The highest BCUT2D eigenvalue weighted by molar-refractivity contribution is 5.79. The SMILES string of the molecule is Cc1cccc(-c2[nH]c(C(C)C)nc2-c2ccnc(-c3ccc(CN(C)C)cc3)c2)n1. The molecular weight excluding hydrogens is 382 g/mol. The standard InChI is InChI=1S/C26H29N5/c1-17(2)26-29-24(25(30-26)22-8-6-7-18(3)28-22)21-13-14-27-23(15-21)20-11-9-19(10-12-20)16-31(4)5/h6-15,17H,16H2,1-5H3,(H,29,30). The number of rotatable bonds is 6. The van der Waals surface area contributed by atoms with Crippen LogP contribution >= 0.6 is 0 Å². The maximum atomic E-state index is 4.94. The van der Waals surface area contributed by atoms with Gasteiger partial charge >= 0.3 is 0 Å². The van der Waals surface area contributed by atoms with E-state index in [0.717, 1.165) is 52.0 Å². The summed E-state index contributed by atoms with van der Waals surface area (Å²) in [5, 5.41) is 0. The zero-order valence-electron chi connectivity index (χ0n) is 18.8. The number of H-pyrrole nitrogens is 1. The quantitative estimate of drug-likeness (QED) is 0.442. The minimum atomic E-state index is 0.294. The van der Waals surface area contributed by atoms with Gasteiger partial charge in [0.25, 0.3) is 0 Å². The summed E-state index contributed by atoms with van der Waals surface area (Å²) in [7, 11) is 4.16. The summed E-state index contributed by atoms with van der Waals surface area (Å²) in [5.41, 5.74) is 8.10. The second-order valence-electron chi connectivity index (χ2n) is 8.53. The van der Waals surface area contributed by atoms with Crippen LogP contribution in [0, 0.1) is 6.92 Å². The predicted molar refractivity (Wildman–Crippen MR) is 127 cm³/mol. The van der Waals surface area contributed by atoms with Crippen LogP contribution in [-0.4, -0.2) is 38.9 Å². The Kier molecular flexibility index (Phi) is 5.96. The van der Waals surface area contributed by atoms with Gasteiger partial charge in [0.1, 0.15) is 5.82 Å². The summed E-state index contributed by atoms with van der Waals surface area (Å²) in [5.74, 6) is 1.25. The van der Waals surface area contributed by atoms with Gasteiger partial charge in [-0.3, -0.25) is 9.97 Å². The van der Waals surface area contributed by atoms with Crippen molar-refractivity contribution in [2.45, 2.75) is 33.2 Å². The molecule has 158 valence electrons. The highest BCUT2D eigenvalue weighted by Crippen LogP contribution is 2.32. The van der Waals surface area contributed by atoms with Crippen LogP contribution in [0.25, 0.3) is 33.9 Å². The molecule has 0 spiro atoms. The van der Waals surface area contributed by atoms with E-state index in [1.165, 1.54) is 5.56 Å². The summed E-state index contributed by atoms with van der Waals surface area (Å²) < 4.78 is 0. The van der Waals surface area contributed by atoms with Crippen LogP contribution in [0.4, 0.5) is 0 Å². The van der Waals surface area contributed by atoms with Gasteiger partial charge < -0.3 is 9.88 Å². The Hall–Kier alpha value is -3.31. The minimum absolute atomic E-state index is 0.294. The molecule has 3 aromatic heterocycles. The van der Waals surface area contributed by atoms with Gasteiger partial charge in [-0.05, 0) is 50.8 Å². The van der Waals surface area contributed by atoms with Gasteiger partial charge in [-0.2, -0.15) is 0 Å². The Balaban J connectivity index is 1.75. The molecule has 31 heavy (non-hydrogen) atoms. The number of imidazole rings is 1. The second kappa shape index (κ2) is 8.82. The fraction of sp³-hybridized carbons (Fsp3) is 0.269. The van der Waals surface area contributed by atoms with Crippen molar-refractivity contribution in [2.75, 3.05) is 14.1 Å². The molecule has 0 aliphatic rings. The van der Waals surface area contributed by atoms with E-state index in [1.807, 2.05) is 37.4 Å². The zero-order valence-corrected chi connectivity index (χ0v) is 18.8. The number of benzene rings is 1. The Morgan fingerprint density at radius 1 is 0.903 bits per heavy atom. The number of nitrogens with zero attached hydrogens (tertiary/aromatic N) is 4. The first-order valence-electron chi connectivity index (χ1n) is 10.6. The third-order valence-corrected chi connectivity index (χ3v) is 5.20. The highest BCUT2D eigenvalue weighted by atomic mass is 15.0. The molecule has 0 aliphatic carbocycles. The van der Waals surface area contributed by atoms with Crippen molar-refractivity contribution in [1.29, 1.82) is 0 Å². The van der Waals surface area contributed by atoms with Crippen molar-refractivity contribution in [3.63, 3.8) is 0 Å². The molecule has 1 aromatic carbocycles. The molecule has 0 bridgehead atoms. The van der Waals surface area contributed by atoms with Crippen molar-refractivity contribution in [3.05, 3.63) is 77.9 Å². The average Bonchev–Trinajstić information content (AvgIpc) is 3.20. The predicted octanol–water partition coefficient (Wildman–Crippen LogP) is 5.69. The lowest BCUT2D eigenvalue weighted by Gasteiger charge is -2.10. The molecular formula is C26H29N5. The van der Waals surface area contributed by atoms with E-state index in [0.29, 0.717) is 5.92 Å². The van der Waals surface area contributed by atoms with E-state index in [2.05, 4.69) is 73.1 Å². The number of hydrogen-bond donors (Lipinski definition) is 1. The van der Waals surface area contributed by atoms with Crippen molar-refractivity contribution in [1.82, 2.24) is 24.8 Å². The normalized spacial score (nSPS) is 11.5. The molecule has 0 amide bonds. The maximum Gasteiger partial charge on any atom is 0.109 e. The molecule has 4 aromatic rings. The Morgan fingerprint density at radius 3 is 2.35 bits per heavy atom. The second-order valence-corrected chi connectivity index (χ2v) is 8.53. The summed E-state index contributed by atoms with van der Waals surface area (Å²) in [6.45, 7) is 7.21. The van der Waals surface area contributed by atoms with Crippen LogP contribution in [0.1, 0.15) is 36.8 Å². The van der Waals surface area contributed by atoms with Crippen LogP contribution in [-0.2, 0) is 6.54 Å². The van der Waals surface area contributed by atoms with Gasteiger partial charge in [-0.1, -0.05) is 44.2 Å². The highest BCUT2D eigenvalue weighted by Gasteiger charge is 2.17. The molecule has 0 unspecified atom stereocenters. The van der Waals surface area contributed by atoms with Gasteiger partial charge in [-0.25, -0.2) is 4.98 Å². The summed E-state index contributed by atoms with van der Waals surface area (Å²) in [4.78, 5) is 20.0. The lowest BCUT2D eigenvalue weighted by Crippen LogP contribution is -2.10. The molecule has 0 radical (unpaired) electrons. The molecule has 4 rings (SSSR count). The van der Waals surface area contributed by atoms with E-state index in [1.54, 1.807) is 0 Å². The van der Waals surface area contributed by atoms with E-state index in [4.69, 9.17) is 9.97 Å². The van der Waals surface area contributed by atoms with Gasteiger partial charge in [0.15, 0.2) is 0 Å². The van der Waals surface area contributed by atoms with Crippen LogP contribution in [0.2, 0.25) is 0 Å². The molecule has 5 heteroatoms. The summed E-state index contributed by atoms with van der Waals surface area (Å²) in [6.07, 6.45) is 1.86. The van der Waals surface area contributed by atoms with Crippen LogP contribution < -0.4 is 0 Å². The number of aromatic nitrogens is 4. The number of pyridine rings is 2. The number of aryl methyl sites for hydroxylation is 1. The zero-order chi connectivity index (χ0) is 22.0. The lowest BCUT2D eigenvalue weighted by atomic mass is 10.0. The Morgan fingerprint density at radius 2 is 1.68 bits per heavy atom. The third kappa shape index (κ3) is 4.72. The number of aromatic amines is 1. The maximum absolute atomic E-state index is 4.94. The van der Waals surface area contributed by atoms with E-state index in [9.17, 15) is 0 Å². The fourth-order valence-electron chi connectivity index (χ4n) is 3.62. The van der Waals surface area contributed by atoms with Crippen molar-refractivity contribution in [2.24, 2.45) is 0 Å². The molecule has 5 nitrogen and oxygen atoms in total. The van der Waals surface area contributed by atoms with Crippen molar-refractivity contribution < 1.29 is 0 Å². The van der Waals surface area contributed by atoms with Gasteiger partial charge in [-0.15, -0.1) is 0 Å². The monoisotopic (exact) mass is 411 g/mol. The van der Waals surface area contributed by atoms with Crippen molar-refractivity contribution in [3.8, 4) is 33.9 Å².